The van der Waals surface area contributed by atoms with E-state index < -0.39 is 4.92 Å². The van der Waals surface area contributed by atoms with E-state index in [0.717, 1.165) is 5.76 Å². The number of rotatable bonds is 6. The predicted molar refractivity (Wildman–Crippen MR) is 71.4 cm³/mol. The zero-order valence-corrected chi connectivity index (χ0v) is 11.3. The standard InChI is InChI=1S/C13H15N3O4/c1-9-6-15-13(20-9)8-14-7-10-5-11(16(17)18)3-4-12(10)19-2/h3-6,14H,7-8H2,1-2H3. The normalized spacial score (nSPS) is 10.5. The van der Waals surface area contributed by atoms with Crippen LogP contribution in [-0.4, -0.2) is 17.0 Å². The Labute approximate surface area is 115 Å². The van der Waals surface area contributed by atoms with Gasteiger partial charge in [0.1, 0.15) is 11.5 Å². The van der Waals surface area contributed by atoms with Crippen LogP contribution in [0.5, 0.6) is 5.75 Å². The van der Waals surface area contributed by atoms with Gasteiger partial charge in [-0.2, -0.15) is 0 Å². The van der Waals surface area contributed by atoms with E-state index in [1.165, 1.54) is 19.2 Å². The van der Waals surface area contributed by atoms with Crippen molar-refractivity contribution < 1.29 is 14.1 Å². The van der Waals surface area contributed by atoms with Crippen molar-refractivity contribution in [1.29, 1.82) is 0 Å². The van der Waals surface area contributed by atoms with Gasteiger partial charge in [0.2, 0.25) is 5.89 Å². The number of non-ortho nitro benzene ring substituents is 1. The predicted octanol–water partition coefficient (Wildman–Crippen LogP) is 2.19. The van der Waals surface area contributed by atoms with Crippen LogP contribution in [0.3, 0.4) is 0 Å². The Morgan fingerprint density at radius 2 is 2.25 bits per heavy atom. The van der Waals surface area contributed by atoms with Gasteiger partial charge in [-0.3, -0.25) is 10.1 Å². The maximum absolute atomic E-state index is 10.8. The summed E-state index contributed by atoms with van der Waals surface area (Å²) < 4.78 is 10.5. The Kier molecular flexibility index (Phi) is 4.31. The number of methoxy groups -OCH3 is 1. The monoisotopic (exact) mass is 277 g/mol. The summed E-state index contributed by atoms with van der Waals surface area (Å²) in [5.41, 5.74) is 0.750. The molecule has 1 N–H and O–H groups in total. The number of aryl methyl sites for hydroxylation is 1. The lowest BCUT2D eigenvalue weighted by Crippen LogP contribution is -2.13. The lowest BCUT2D eigenvalue weighted by Gasteiger charge is -2.08. The van der Waals surface area contributed by atoms with E-state index in [9.17, 15) is 10.1 Å². The molecule has 0 spiro atoms. The van der Waals surface area contributed by atoms with Crippen molar-refractivity contribution >= 4 is 5.69 Å². The van der Waals surface area contributed by atoms with Crippen molar-refractivity contribution in [2.24, 2.45) is 0 Å². The van der Waals surface area contributed by atoms with E-state index in [-0.39, 0.29) is 5.69 Å². The molecule has 7 heteroatoms. The second-order valence-electron chi connectivity index (χ2n) is 4.22. The molecule has 1 heterocycles. The topological polar surface area (TPSA) is 90.4 Å². The maximum Gasteiger partial charge on any atom is 0.270 e. The summed E-state index contributed by atoms with van der Waals surface area (Å²) in [6, 6.07) is 4.50. The summed E-state index contributed by atoms with van der Waals surface area (Å²) in [6.45, 7) is 2.69. The summed E-state index contributed by atoms with van der Waals surface area (Å²) in [7, 11) is 1.53. The molecule has 0 radical (unpaired) electrons. The average molecular weight is 277 g/mol. The number of hydrogen-bond acceptors (Lipinski definition) is 6. The van der Waals surface area contributed by atoms with Crippen LogP contribution in [0.15, 0.2) is 28.8 Å². The van der Waals surface area contributed by atoms with E-state index >= 15 is 0 Å². The highest BCUT2D eigenvalue weighted by atomic mass is 16.6. The van der Waals surface area contributed by atoms with Crippen LogP contribution in [0.25, 0.3) is 0 Å². The average Bonchev–Trinajstić information content (AvgIpc) is 2.84. The zero-order chi connectivity index (χ0) is 14.5. The van der Waals surface area contributed by atoms with E-state index in [4.69, 9.17) is 9.15 Å². The van der Waals surface area contributed by atoms with Gasteiger partial charge in [0.15, 0.2) is 0 Å². The molecule has 0 saturated carbocycles. The van der Waals surface area contributed by atoms with Gasteiger partial charge in [-0.25, -0.2) is 4.98 Å². The molecule has 0 saturated heterocycles. The second-order valence-corrected chi connectivity index (χ2v) is 4.22. The van der Waals surface area contributed by atoms with Crippen LogP contribution in [0.1, 0.15) is 17.2 Å². The van der Waals surface area contributed by atoms with Gasteiger partial charge < -0.3 is 14.5 Å². The zero-order valence-electron chi connectivity index (χ0n) is 11.3. The van der Waals surface area contributed by atoms with Crippen LogP contribution in [0.4, 0.5) is 5.69 Å². The molecule has 0 bridgehead atoms. The minimum Gasteiger partial charge on any atom is -0.496 e. The van der Waals surface area contributed by atoms with Crippen LogP contribution >= 0.6 is 0 Å². The molecule has 1 aromatic carbocycles. The number of nitrogens with one attached hydrogen (secondary N) is 1. The van der Waals surface area contributed by atoms with Crippen LogP contribution in [-0.2, 0) is 13.1 Å². The molecular weight excluding hydrogens is 262 g/mol. The number of oxazole rings is 1. The number of ether oxygens (including phenoxy) is 1. The summed E-state index contributed by atoms with van der Waals surface area (Å²) in [4.78, 5) is 14.4. The quantitative estimate of drug-likeness (QED) is 0.643. The Morgan fingerprint density at radius 1 is 1.45 bits per heavy atom. The van der Waals surface area contributed by atoms with Crippen molar-refractivity contribution in [2.45, 2.75) is 20.0 Å². The van der Waals surface area contributed by atoms with Crippen molar-refractivity contribution in [1.82, 2.24) is 10.3 Å². The van der Waals surface area contributed by atoms with Gasteiger partial charge in [-0.15, -0.1) is 0 Å². The molecule has 0 unspecified atom stereocenters. The fourth-order valence-corrected chi connectivity index (χ4v) is 1.80. The Hall–Kier alpha value is -2.41. The Bertz CT molecular complexity index is 609. The van der Waals surface area contributed by atoms with E-state index in [1.54, 1.807) is 12.3 Å². The minimum absolute atomic E-state index is 0.0366. The lowest BCUT2D eigenvalue weighted by molar-refractivity contribution is -0.384. The van der Waals surface area contributed by atoms with Crippen molar-refractivity contribution in [3.8, 4) is 5.75 Å². The van der Waals surface area contributed by atoms with E-state index in [1.807, 2.05) is 6.92 Å². The van der Waals surface area contributed by atoms with Crippen molar-refractivity contribution in [2.75, 3.05) is 7.11 Å². The number of nitro benzene ring substituents is 1. The number of nitrogens with zero attached hydrogens (tertiary/aromatic N) is 2. The third-order valence-electron chi connectivity index (χ3n) is 2.74. The van der Waals surface area contributed by atoms with Gasteiger partial charge in [0.05, 0.1) is 24.8 Å². The first-order valence-corrected chi connectivity index (χ1v) is 6.03. The lowest BCUT2D eigenvalue weighted by atomic mass is 10.1. The highest BCUT2D eigenvalue weighted by molar-refractivity contribution is 5.43. The Balaban J connectivity index is 2.03. The van der Waals surface area contributed by atoms with Gasteiger partial charge in [0.25, 0.3) is 5.69 Å². The number of nitro groups is 1. The SMILES string of the molecule is COc1ccc([N+](=O)[O-])cc1CNCc1ncc(C)o1. The Morgan fingerprint density at radius 3 is 2.85 bits per heavy atom. The molecule has 106 valence electrons. The molecular formula is C13H15N3O4. The summed E-state index contributed by atoms with van der Waals surface area (Å²) in [5, 5.41) is 13.9. The number of hydrogen-bond donors (Lipinski definition) is 1. The molecule has 0 amide bonds. The molecule has 0 fully saturated rings. The van der Waals surface area contributed by atoms with Crippen LogP contribution in [0.2, 0.25) is 0 Å². The molecule has 2 rings (SSSR count). The van der Waals surface area contributed by atoms with Crippen LogP contribution in [0, 0.1) is 17.0 Å². The molecule has 20 heavy (non-hydrogen) atoms. The first-order chi connectivity index (χ1) is 9.60. The summed E-state index contributed by atoms with van der Waals surface area (Å²) in [5.74, 6) is 1.92. The number of aromatic nitrogens is 1. The van der Waals surface area contributed by atoms with Gasteiger partial charge in [0, 0.05) is 24.2 Å². The minimum atomic E-state index is -0.430. The van der Waals surface area contributed by atoms with Crippen molar-refractivity contribution in [3.63, 3.8) is 0 Å². The van der Waals surface area contributed by atoms with Gasteiger partial charge in [-0.1, -0.05) is 0 Å². The number of benzene rings is 1. The first kappa shape index (κ1) is 14.0. The second kappa shape index (κ2) is 6.16. The molecule has 2 aromatic rings. The van der Waals surface area contributed by atoms with Gasteiger partial charge >= 0.3 is 0 Å². The highest BCUT2D eigenvalue weighted by Crippen LogP contribution is 2.23. The maximum atomic E-state index is 10.8. The smallest absolute Gasteiger partial charge is 0.270 e. The van der Waals surface area contributed by atoms with Crippen LogP contribution < -0.4 is 10.1 Å². The summed E-state index contributed by atoms with van der Waals surface area (Å²) in [6.07, 6.45) is 1.64. The van der Waals surface area contributed by atoms with E-state index in [2.05, 4.69) is 10.3 Å². The molecule has 0 aliphatic rings. The third kappa shape index (κ3) is 3.33. The fraction of sp³-hybridized carbons (Fsp3) is 0.308. The largest absolute Gasteiger partial charge is 0.496 e. The molecule has 0 aliphatic carbocycles. The summed E-state index contributed by atoms with van der Waals surface area (Å²) >= 11 is 0. The molecule has 0 aliphatic heterocycles. The first-order valence-electron chi connectivity index (χ1n) is 6.03. The highest BCUT2D eigenvalue weighted by Gasteiger charge is 2.11. The fourth-order valence-electron chi connectivity index (χ4n) is 1.80. The molecule has 1 aromatic heterocycles. The van der Waals surface area contributed by atoms with Gasteiger partial charge in [-0.05, 0) is 13.0 Å². The van der Waals surface area contributed by atoms with Crippen molar-refractivity contribution in [3.05, 3.63) is 51.7 Å². The molecule has 7 nitrogen and oxygen atoms in total. The van der Waals surface area contributed by atoms with E-state index in [0.29, 0.717) is 30.3 Å². The molecule has 0 atom stereocenters. The third-order valence-corrected chi connectivity index (χ3v) is 2.74.